The van der Waals surface area contributed by atoms with Gasteiger partial charge in [0.2, 0.25) is 0 Å². The predicted molar refractivity (Wildman–Crippen MR) is 75.6 cm³/mol. The first-order valence-electron chi connectivity index (χ1n) is 6.67. The van der Waals surface area contributed by atoms with Gasteiger partial charge in [-0.3, -0.25) is 4.79 Å². The fourth-order valence-electron chi connectivity index (χ4n) is 2.57. The van der Waals surface area contributed by atoms with Gasteiger partial charge in [-0.15, -0.1) is 6.42 Å². The second kappa shape index (κ2) is 6.72. The topological polar surface area (TPSA) is 94.2 Å². The van der Waals surface area contributed by atoms with Crippen LogP contribution in [0.5, 0.6) is 0 Å². The molecule has 1 aromatic heterocycles. The number of hydrogen-bond donors (Lipinski definition) is 3. The number of primary amides is 1. The summed E-state index contributed by atoms with van der Waals surface area (Å²) in [6.07, 6.45) is 5.87. The lowest BCUT2D eigenvalue weighted by Gasteiger charge is -2.14. The number of alkyl halides is 2. The largest absolute Gasteiger partial charge is 0.373 e. The molecular weight excluding hydrogens is 296 g/mol. The third kappa shape index (κ3) is 3.18. The van der Waals surface area contributed by atoms with E-state index in [4.69, 9.17) is 12.2 Å². The molecule has 2 heterocycles. The molecule has 0 unspecified atom stereocenters. The highest BCUT2D eigenvalue weighted by Crippen LogP contribution is 2.28. The SMILES string of the molecule is C#Cc1nn([C@@H]2CN[C@@H](COC(F)F)C2)c(NC)c1C(N)=O. The third-order valence-electron chi connectivity index (χ3n) is 3.50. The molecule has 120 valence electrons. The summed E-state index contributed by atoms with van der Waals surface area (Å²) in [5, 5.41) is 10.2. The van der Waals surface area contributed by atoms with Crippen molar-refractivity contribution < 1.29 is 18.3 Å². The van der Waals surface area contributed by atoms with E-state index in [-0.39, 0.29) is 29.9 Å². The highest BCUT2D eigenvalue weighted by Gasteiger charge is 2.31. The number of amides is 1. The molecule has 1 saturated heterocycles. The van der Waals surface area contributed by atoms with Gasteiger partial charge in [0.1, 0.15) is 17.1 Å². The number of nitrogens with one attached hydrogen (secondary N) is 2. The minimum Gasteiger partial charge on any atom is -0.373 e. The van der Waals surface area contributed by atoms with E-state index in [1.807, 2.05) is 0 Å². The first kappa shape index (κ1) is 16.2. The number of rotatable bonds is 6. The van der Waals surface area contributed by atoms with Crippen LogP contribution in [-0.4, -0.2) is 48.5 Å². The predicted octanol–water partition coefficient (Wildman–Crippen LogP) is 0.147. The zero-order valence-corrected chi connectivity index (χ0v) is 12.0. The molecule has 1 amide bonds. The number of hydrogen-bond acceptors (Lipinski definition) is 5. The molecule has 1 fully saturated rings. The Bertz CT molecular complexity index is 596. The molecule has 0 aliphatic carbocycles. The molecule has 0 radical (unpaired) electrons. The number of nitrogens with two attached hydrogens (primary N) is 1. The van der Waals surface area contributed by atoms with Gasteiger partial charge in [-0.25, -0.2) is 4.68 Å². The lowest BCUT2D eigenvalue weighted by Crippen LogP contribution is -2.27. The number of terminal acetylenes is 1. The van der Waals surface area contributed by atoms with Gasteiger partial charge >= 0.3 is 6.61 Å². The normalized spacial score (nSPS) is 21.0. The highest BCUT2D eigenvalue weighted by atomic mass is 19.3. The Labute approximate surface area is 126 Å². The number of halogens is 2. The van der Waals surface area contributed by atoms with Crippen LogP contribution in [0, 0.1) is 12.3 Å². The summed E-state index contributed by atoms with van der Waals surface area (Å²) in [5.74, 6) is 2.07. The van der Waals surface area contributed by atoms with Gasteiger partial charge in [-0.2, -0.15) is 13.9 Å². The number of carbonyl (C=O) groups is 1. The summed E-state index contributed by atoms with van der Waals surface area (Å²) in [7, 11) is 1.63. The minimum atomic E-state index is -2.80. The molecule has 1 aliphatic heterocycles. The van der Waals surface area contributed by atoms with Crippen molar-refractivity contribution in [1.29, 1.82) is 0 Å². The molecule has 0 aromatic carbocycles. The van der Waals surface area contributed by atoms with Crippen molar-refractivity contribution >= 4 is 11.7 Å². The standard InChI is InChI=1S/C13H17F2N5O2/c1-3-9-10(11(16)21)12(17-2)20(19-9)8-4-7(18-5-8)6-22-13(14)15/h1,7-8,13,17-18H,4-6H2,2H3,(H2,16,21)/t7-,8+/m1/s1. The van der Waals surface area contributed by atoms with Crippen LogP contribution in [0.25, 0.3) is 0 Å². The fraction of sp³-hybridized carbons (Fsp3) is 0.538. The zero-order chi connectivity index (χ0) is 16.3. The van der Waals surface area contributed by atoms with Crippen LogP contribution >= 0.6 is 0 Å². The van der Waals surface area contributed by atoms with E-state index < -0.39 is 12.5 Å². The van der Waals surface area contributed by atoms with Crippen LogP contribution in [0.3, 0.4) is 0 Å². The molecular formula is C13H17F2N5O2. The van der Waals surface area contributed by atoms with Crippen molar-refractivity contribution in [2.24, 2.45) is 5.73 Å². The lowest BCUT2D eigenvalue weighted by atomic mass is 10.1. The van der Waals surface area contributed by atoms with Crippen LogP contribution in [0.2, 0.25) is 0 Å². The summed E-state index contributed by atoms with van der Waals surface area (Å²) in [6, 6.07) is -0.367. The van der Waals surface area contributed by atoms with E-state index in [1.165, 1.54) is 0 Å². The molecule has 2 rings (SSSR count). The van der Waals surface area contributed by atoms with Gasteiger partial charge in [0.15, 0.2) is 0 Å². The molecule has 0 bridgehead atoms. The van der Waals surface area contributed by atoms with E-state index in [2.05, 4.69) is 26.4 Å². The Morgan fingerprint density at radius 1 is 1.73 bits per heavy atom. The van der Waals surface area contributed by atoms with E-state index in [1.54, 1.807) is 11.7 Å². The first-order valence-corrected chi connectivity index (χ1v) is 6.67. The van der Waals surface area contributed by atoms with E-state index >= 15 is 0 Å². The molecule has 4 N–H and O–H groups in total. The van der Waals surface area contributed by atoms with Crippen LogP contribution in [0.4, 0.5) is 14.6 Å². The summed E-state index contributed by atoms with van der Waals surface area (Å²) >= 11 is 0. The van der Waals surface area contributed by atoms with Crippen LogP contribution in [-0.2, 0) is 4.74 Å². The number of nitrogens with zero attached hydrogens (tertiary/aromatic N) is 2. The van der Waals surface area contributed by atoms with Gasteiger partial charge in [-0.1, -0.05) is 0 Å². The van der Waals surface area contributed by atoms with Crippen LogP contribution in [0.15, 0.2) is 0 Å². The Hall–Kier alpha value is -2.18. The Balaban J connectivity index is 2.20. The summed E-state index contributed by atoms with van der Waals surface area (Å²) in [4.78, 5) is 11.5. The summed E-state index contributed by atoms with van der Waals surface area (Å²) < 4.78 is 30.0. The molecule has 0 spiro atoms. The van der Waals surface area contributed by atoms with Crippen molar-refractivity contribution in [3.8, 4) is 12.3 Å². The van der Waals surface area contributed by atoms with Crippen molar-refractivity contribution in [3.05, 3.63) is 11.3 Å². The molecule has 9 heteroatoms. The van der Waals surface area contributed by atoms with Gasteiger partial charge in [0.25, 0.3) is 5.91 Å². The lowest BCUT2D eigenvalue weighted by molar-refractivity contribution is -0.133. The molecule has 7 nitrogen and oxygen atoms in total. The molecule has 1 aliphatic rings. The van der Waals surface area contributed by atoms with Crippen molar-refractivity contribution in [3.63, 3.8) is 0 Å². The Morgan fingerprint density at radius 3 is 3.00 bits per heavy atom. The number of ether oxygens (including phenoxy) is 1. The fourth-order valence-corrected chi connectivity index (χ4v) is 2.57. The van der Waals surface area contributed by atoms with E-state index in [0.29, 0.717) is 18.8 Å². The third-order valence-corrected chi connectivity index (χ3v) is 3.50. The second-order valence-corrected chi connectivity index (χ2v) is 4.86. The average Bonchev–Trinajstić information content (AvgIpc) is 3.08. The summed E-state index contributed by atoms with van der Waals surface area (Å²) in [6.45, 7) is -2.40. The van der Waals surface area contributed by atoms with E-state index in [9.17, 15) is 13.6 Å². The monoisotopic (exact) mass is 313 g/mol. The minimum absolute atomic E-state index is 0.102. The maximum atomic E-state index is 12.1. The van der Waals surface area contributed by atoms with Crippen molar-refractivity contribution in [2.45, 2.75) is 25.1 Å². The number of anilines is 1. The van der Waals surface area contributed by atoms with Gasteiger partial charge in [0.05, 0.1) is 12.6 Å². The van der Waals surface area contributed by atoms with Crippen LogP contribution in [0.1, 0.15) is 28.5 Å². The zero-order valence-electron chi connectivity index (χ0n) is 12.0. The average molecular weight is 313 g/mol. The smallest absolute Gasteiger partial charge is 0.345 e. The molecule has 22 heavy (non-hydrogen) atoms. The van der Waals surface area contributed by atoms with Gasteiger partial charge in [-0.05, 0) is 12.3 Å². The molecule has 1 aromatic rings. The Morgan fingerprint density at radius 2 is 2.45 bits per heavy atom. The van der Waals surface area contributed by atoms with Gasteiger partial charge in [0, 0.05) is 19.6 Å². The van der Waals surface area contributed by atoms with Crippen molar-refractivity contribution in [1.82, 2.24) is 15.1 Å². The maximum absolute atomic E-state index is 12.1. The van der Waals surface area contributed by atoms with Crippen molar-refractivity contribution in [2.75, 3.05) is 25.5 Å². The van der Waals surface area contributed by atoms with E-state index in [0.717, 1.165) is 0 Å². The first-order chi connectivity index (χ1) is 10.5. The number of carbonyl (C=O) groups excluding carboxylic acids is 1. The van der Waals surface area contributed by atoms with Crippen LogP contribution < -0.4 is 16.4 Å². The maximum Gasteiger partial charge on any atom is 0.345 e. The van der Waals surface area contributed by atoms with Gasteiger partial charge < -0.3 is 21.1 Å². The summed E-state index contributed by atoms with van der Waals surface area (Å²) in [5.41, 5.74) is 5.65. The second-order valence-electron chi connectivity index (χ2n) is 4.86. The Kier molecular flexibility index (Phi) is 4.95. The quantitative estimate of drug-likeness (QED) is 0.650. The highest BCUT2D eigenvalue weighted by molar-refractivity contribution is 6.00. The number of aromatic nitrogens is 2. The molecule has 2 atom stereocenters. The molecule has 0 saturated carbocycles.